The standard InChI is InChI=1S/C19H19N3O4S/c1-24-13-4-2-5-14(10-13)25-12-15-11-16(21-26-15)19(23)22-8-3-6-17(22)18-20-7-9-27-18/h2,4-5,7,9-11,17H,3,6,8,12H2,1H3/t17-/m1/s1. The lowest BCUT2D eigenvalue weighted by molar-refractivity contribution is 0.0724. The summed E-state index contributed by atoms with van der Waals surface area (Å²) in [5.74, 6) is 1.72. The second-order valence-electron chi connectivity index (χ2n) is 6.17. The van der Waals surface area contributed by atoms with E-state index in [4.69, 9.17) is 14.0 Å². The van der Waals surface area contributed by atoms with E-state index in [9.17, 15) is 4.79 Å². The second kappa shape index (κ2) is 7.79. The molecule has 27 heavy (non-hydrogen) atoms. The van der Waals surface area contributed by atoms with Gasteiger partial charge in [-0.25, -0.2) is 4.98 Å². The van der Waals surface area contributed by atoms with Gasteiger partial charge in [-0.2, -0.15) is 0 Å². The number of carbonyl (C=O) groups excluding carboxylic acids is 1. The molecule has 1 fully saturated rings. The summed E-state index contributed by atoms with van der Waals surface area (Å²) in [4.78, 5) is 19.0. The van der Waals surface area contributed by atoms with Crippen molar-refractivity contribution in [2.45, 2.75) is 25.5 Å². The molecule has 0 bridgehead atoms. The summed E-state index contributed by atoms with van der Waals surface area (Å²) in [6, 6.07) is 8.95. The third-order valence-electron chi connectivity index (χ3n) is 4.45. The Balaban J connectivity index is 1.42. The topological polar surface area (TPSA) is 77.7 Å². The maximum Gasteiger partial charge on any atom is 0.276 e. The highest BCUT2D eigenvalue weighted by Crippen LogP contribution is 2.34. The highest BCUT2D eigenvalue weighted by molar-refractivity contribution is 7.09. The smallest absolute Gasteiger partial charge is 0.276 e. The van der Waals surface area contributed by atoms with Crippen LogP contribution >= 0.6 is 11.3 Å². The Morgan fingerprint density at radius 1 is 1.37 bits per heavy atom. The van der Waals surface area contributed by atoms with E-state index in [0.717, 1.165) is 17.8 Å². The summed E-state index contributed by atoms with van der Waals surface area (Å²) in [6.07, 6.45) is 3.65. The molecule has 2 aromatic heterocycles. The van der Waals surface area contributed by atoms with Gasteiger partial charge in [0.1, 0.15) is 23.1 Å². The molecule has 1 saturated heterocycles. The number of aromatic nitrogens is 2. The minimum Gasteiger partial charge on any atom is -0.497 e. The molecule has 4 rings (SSSR count). The molecule has 0 aliphatic carbocycles. The molecule has 3 heterocycles. The van der Waals surface area contributed by atoms with Gasteiger partial charge in [-0.3, -0.25) is 4.79 Å². The fraction of sp³-hybridized carbons (Fsp3) is 0.316. The first-order valence-corrected chi connectivity index (χ1v) is 9.55. The SMILES string of the molecule is COc1cccc(OCc2cc(C(=O)N3CCC[C@@H]3c3nccs3)no2)c1. The third kappa shape index (κ3) is 3.80. The Labute approximate surface area is 160 Å². The summed E-state index contributed by atoms with van der Waals surface area (Å²) in [7, 11) is 1.60. The number of likely N-dealkylation sites (tertiary alicyclic amines) is 1. The number of amides is 1. The predicted molar refractivity (Wildman–Crippen MR) is 99.0 cm³/mol. The lowest BCUT2D eigenvalue weighted by Crippen LogP contribution is -2.30. The van der Waals surface area contributed by atoms with Crippen LogP contribution in [0.2, 0.25) is 0 Å². The maximum atomic E-state index is 12.8. The van der Waals surface area contributed by atoms with Crippen molar-refractivity contribution in [2.24, 2.45) is 0 Å². The zero-order chi connectivity index (χ0) is 18.6. The van der Waals surface area contributed by atoms with Crippen LogP contribution < -0.4 is 9.47 Å². The van der Waals surface area contributed by atoms with Gasteiger partial charge in [-0.1, -0.05) is 11.2 Å². The zero-order valence-corrected chi connectivity index (χ0v) is 15.6. The number of hydrogen-bond acceptors (Lipinski definition) is 7. The molecule has 7 nitrogen and oxygen atoms in total. The first-order valence-electron chi connectivity index (χ1n) is 8.67. The van der Waals surface area contributed by atoms with Crippen molar-refractivity contribution in [3.05, 3.63) is 58.4 Å². The normalized spacial score (nSPS) is 16.5. The molecule has 0 N–H and O–H groups in total. The molecular weight excluding hydrogens is 366 g/mol. The molecule has 1 aliphatic heterocycles. The first-order chi connectivity index (χ1) is 13.2. The lowest BCUT2D eigenvalue weighted by atomic mass is 10.2. The van der Waals surface area contributed by atoms with E-state index >= 15 is 0 Å². The summed E-state index contributed by atoms with van der Waals surface area (Å²) < 4.78 is 16.1. The van der Waals surface area contributed by atoms with Crippen molar-refractivity contribution in [3.63, 3.8) is 0 Å². The Hall–Kier alpha value is -2.87. The van der Waals surface area contributed by atoms with Gasteiger partial charge in [-0.05, 0) is 25.0 Å². The predicted octanol–water partition coefficient (Wildman–Crippen LogP) is 3.70. The lowest BCUT2D eigenvalue weighted by Gasteiger charge is -2.21. The van der Waals surface area contributed by atoms with Crippen LogP contribution in [0.3, 0.4) is 0 Å². The van der Waals surface area contributed by atoms with Crippen molar-refractivity contribution < 1.29 is 18.8 Å². The van der Waals surface area contributed by atoms with E-state index in [1.54, 1.807) is 36.8 Å². The zero-order valence-electron chi connectivity index (χ0n) is 14.8. The summed E-state index contributed by atoms with van der Waals surface area (Å²) in [5, 5.41) is 6.83. The highest BCUT2D eigenvalue weighted by Gasteiger charge is 2.33. The van der Waals surface area contributed by atoms with Gasteiger partial charge < -0.3 is 18.9 Å². The quantitative estimate of drug-likeness (QED) is 0.644. The van der Waals surface area contributed by atoms with E-state index in [-0.39, 0.29) is 18.6 Å². The number of methoxy groups -OCH3 is 1. The summed E-state index contributed by atoms with van der Waals surface area (Å²) in [5.41, 5.74) is 0.294. The molecule has 1 amide bonds. The van der Waals surface area contributed by atoms with E-state index in [2.05, 4.69) is 10.1 Å². The van der Waals surface area contributed by atoms with Crippen molar-refractivity contribution in [1.82, 2.24) is 15.0 Å². The van der Waals surface area contributed by atoms with Crippen LogP contribution in [0.5, 0.6) is 11.5 Å². The van der Waals surface area contributed by atoms with Gasteiger partial charge in [0.2, 0.25) is 0 Å². The van der Waals surface area contributed by atoms with Gasteiger partial charge >= 0.3 is 0 Å². The average molecular weight is 385 g/mol. The van der Waals surface area contributed by atoms with Crippen molar-refractivity contribution in [3.8, 4) is 11.5 Å². The average Bonchev–Trinajstić information content (AvgIpc) is 3.46. The second-order valence-corrected chi connectivity index (χ2v) is 7.10. The Morgan fingerprint density at radius 3 is 3.07 bits per heavy atom. The van der Waals surface area contributed by atoms with Crippen LogP contribution in [0, 0.1) is 0 Å². The number of thiazole rings is 1. The van der Waals surface area contributed by atoms with Gasteiger partial charge in [0.05, 0.1) is 13.2 Å². The largest absolute Gasteiger partial charge is 0.497 e. The van der Waals surface area contributed by atoms with Gasteiger partial charge in [-0.15, -0.1) is 11.3 Å². The molecule has 140 valence electrons. The van der Waals surface area contributed by atoms with Crippen LogP contribution in [0.1, 0.15) is 40.1 Å². The Bertz CT molecular complexity index is 909. The molecule has 0 saturated carbocycles. The minimum atomic E-state index is -0.135. The van der Waals surface area contributed by atoms with Crippen LogP contribution in [0.15, 0.2) is 46.4 Å². The van der Waals surface area contributed by atoms with Crippen LogP contribution in [0.25, 0.3) is 0 Å². The van der Waals surface area contributed by atoms with Gasteiger partial charge in [0.25, 0.3) is 5.91 Å². The fourth-order valence-electron chi connectivity index (χ4n) is 3.14. The first kappa shape index (κ1) is 17.5. The van der Waals surface area contributed by atoms with Gasteiger partial charge in [0.15, 0.2) is 11.5 Å². The monoisotopic (exact) mass is 385 g/mol. The number of nitrogens with zero attached hydrogens (tertiary/aromatic N) is 3. The summed E-state index contributed by atoms with van der Waals surface area (Å²) >= 11 is 1.57. The van der Waals surface area contributed by atoms with Crippen molar-refractivity contribution in [2.75, 3.05) is 13.7 Å². The van der Waals surface area contributed by atoms with Crippen LogP contribution in [0.4, 0.5) is 0 Å². The van der Waals surface area contributed by atoms with Gasteiger partial charge in [0, 0.05) is 30.3 Å². The molecule has 1 aliphatic rings. The molecule has 8 heteroatoms. The van der Waals surface area contributed by atoms with Crippen LogP contribution in [-0.2, 0) is 6.61 Å². The number of rotatable bonds is 6. The van der Waals surface area contributed by atoms with Crippen molar-refractivity contribution >= 4 is 17.2 Å². The minimum absolute atomic E-state index is 0.0192. The number of ether oxygens (including phenoxy) is 2. The van der Waals surface area contributed by atoms with Crippen molar-refractivity contribution in [1.29, 1.82) is 0 Å². The molecule has 0 spiro atoms. The van der Waals surface area contributed by atoms with E-state index in [0.29, 0.717) is 29.5 Å². The highest BCUT2D eigenvalue weighted by atomic mass is 32.1. The number of benzene rings is 1. The molecule has 0 radical (unpaired) electrons. The van der Waals surface area contributed by atoms with E-state index < -0.39 is 0 Å². The maximum absolute atomic E-state index is 12.8. The molecule has 0 unspecified atom stereocenters. The summed E-state index contributed by atoms with van der Waals surface area (Å²) in [6.45, 7) is 0.884. The molecule has 1 aromatic carbocycles. The van der Waals surface area contributed by atoms with E-state index in [1.807, 2.05) is 28.5 Å². The third-order valence-corrected chi connectivity index (χ3v) is 5.33. The fourth-order valence-corrected chi connectivity index (χ4v) is 3.92. The molecule has 3 aromatic rings. The van der Waals surface area contributed by atoms with E-state index in [1.165, 1.54) is 0 Å². The molecule has 1 atom stereocenters. The number of carbonyl (C=O) groups is 1. The van der Waals surface area contributed by atoms with Crippen LogP contribution in [-0.4, -0.2) is 34.6 Å². The Kier molecular flexibility index (Phi) is 5.06. The molecular formula is C19H19N3O4S. The number of hydrogen-bond donors (Lipinski definition) is 0. The Morgan fingerprint density at radius 2 is 2.26 bits per heavy atom.